The molecule has 0 saturated carbocycles. The number of hydrogen-bond donors (Lipinski definition) is 1. The summed E-state index contributed by atoms with van der Waals surface area (Å²) in [6.45, 7) is 6.32. The highest BCUT2D eigenvalue weighted by Gasteiger charge is 2.20. The van der Waals surface area contributed by atoms with Crippen molar-refractivity contribution in [2.75, 3.05) is 13.2 Å². The zero-order valence-corrected chi connectivity index (χ0v) is 12.1. The zero-order chi connectivity index (χ0) is 12.8. The smallest absolute Gasteiger partial charge is 0.134 e. The third-order valence-electron chi connectivity index (χ3n) is 3.26. The van der Waals surface area contributed by atoms with Crippen molar-refractivity contribution in [2.45, 2.75) is 58.1 Å². The highest BCUT2D eigenvalue weighted by Crippen LogP contribution is 2.24. The van der Waals surface area contributed by atoms with Gasteiger partial charge in [0.15, 0.2) is 0 Å². The Labute approximate surface area is 113 Å². The van der Waals surface area contributed by atoms with Gasteiger partial charge in [-0.1, -0.05) is 25.2 Å². The Morgan fingerprint density at radius 2 is 2.33 bits per heavy atom. The Balaban J connectivity index is 1.90. The fourth-order valence-electron chi connectivity index (χ4n) is 2.21. The van der Waals surface area contributed by atoms with Crippen LogP contribution in [0.1, 0.15) is 55.6 Å². The van der Waals surface area contributed by atoms with E-state index < -0.39 is 0 Å². The summed E-state index contributed by atoms with van der Waals surface area (Å²) >= 11 is 1.74. The highest BCUT2D eigenvalue weighted by atomic mass is 32.1. The van der Waals surface area contributed by atoms with E-state index in [1.165, 1.54) is 12.8 Å². The molecule has 0 aromatic carbocycles. The molecular formula is C13H23N3OS. The van der Waals surface area contributed by atoms with E-state index in [2.05, 4.69) is 29.4 Å². The molecule has 2 unspecified atom stereocenters. The van der Waals surface area contributed by atoms with E-state index >= 15 is 0 Å². The molecule has 0 bridgehead atoms. The average Bonchev–Trinajstić information content (AvgIpc) is 3.03. The SMILES string of the molecule is CCCNC(CC)c1nnc(CC2CCCO2)s1. The van der Waals surface area contributed by atoms with Crippen molar-refractivity contribution < 1.29 is 4.74 Å². The Morgan fingerprint density at radius 1 is 1.44 bits per heavy atom. The van der Waals surface area contributed by atoms with Crippen LogP contribution in [-0.2, 0) is 11.2 Å². The van der Waals surface area contributed by atoms with Gasteiger partial charge in [0.25, 0.3) is 0 Å². The molecule has 1 saturated heterocycles. The quantitative estimate of drug-likeness (QED) is 0.827. The molecule has 1 aliphatic heterocycles. The first-order valence-corrected chi connectivity index (χ1v) is 7.82. The van der Waals surface area contributed by atoms with Crippen molar-refractivity contribution in [3.05, 3.63) is 10.0 Å². The van der Waals surface area contributed by atoms with Gasteiger partial charge in [-0.3, -0.25) is 0 Å². The summed E-state index contributed by atoms with van der Waals surface area (Å²) in [6.07, 6.45) is 5.87. The molecule has 102 valence electrons. The first kappa shape index (κ1) is 13.9. The molecule has 0 spiro atoms. The fourth-order valence-corrected chi connectivity index (χ4v) is 3.28. The van der Waals surface area contributed by atoms with Crippen LogP contribution < -0.4 is 5.32 Å². The molecule has 1 aromatic rings. The Hall–Kier alpha value is -0.520. The summed E-state index contributed by atoms with van der Waals surface area (Å²) in [5.74, 6) is 0. The molecule has 1 aromatic heterocycles. The molecule has 2 rings (SSSR count). The summed E-state index contributed by atoms with van der Waals surface area (Å²) in [4.78, 5) is 0. The summed E-state index contributed by atoms with van der Waals surface area (Å²) in [5.41, 5.74) is 0. The first-order valence-electron chi connectivity index (χ1n) is 7.00. The standard InChI is InChI=1S/C13H23N3OS/c1-3-7-14-11(4-2)13-16-15-12(18-13)9-10-6-5-8-17-10/h10-11,14H,3-9H2,1-2H3. The summed E-state index contributed by atoms with van der Waals surface area (Å²) in [7, 11) is 0. The Bertz CT molecular complexity index is 350. The third kappa shape index (κ3) is 3.73. The molecule has 0 aliphatic carbocycles. The topological polar surface area (TPSA) is 47.0 Å². The second kappa shape index (κ2) is 7.16. The van der Waals surface area contributed by atoms with Crippen LogP contribution in [0.5, 0.6) is 0 Å². The van der Waals surface area contributed by atoms with Crippen molar-refractivity contribution in [1.82, 2.24) is 15.5 Å². The van der Waals surface area contributed by atoms with Crippen molar-refractivity contribution in [2.24, 2.45) is 0 Å². The van der Waals surface area contributed by atoms with E-state index in [0.717, 1.165) is 42.4 Å². The maximum atomic E-state index is 5.64. The number of ether oxygens (including phenoxy) is 1. The monoisotopic (exact) mass is 269 g/mol. The number of nitrogens with one attached hydrogen (secondary N) is 1. The van der Waals surface area contributed by atoms with Gasteiger partial charge in [-0.05, 0) is 32.2 Å². The predicted molar refractivity (Wildman–Crippen MR) is 73.9 cm³/mol. The van der Waals surface area contributed by atoms with Gasteiger partial charge in [0, 0.05) is 13.0 Å². The molecular weight excluding hydrogens is 246 g/mol. The minimum atomic E-state index is 0.362. The minimum absolute atomic E-state index is 0.362. The average molecular weight is 269 g/mol. The molecule has 2 heterocycles. The normalized spacial score (nSPS) is 21.3. The van der Waals surface area contributed by atoms with Gasteiger partial charge in [-0.15, -0.1) is 10.2 Å². The molecule has 1 aliphatic rings. The van der Waals surface area contributed by atoms with Crippen molar-refractivity contribution in [1.29, 1.82) is 0 Å². The predicted octanol–water partition coefficient (Wildman–Crippen LogP) is 2.71. The summed E-state index contributed by atoms with van der Waals surface area (Å²) in [6, 6.07) is 0.362. The highest BCUT2D eigenvalue weighted by molar-refractivity contribution is 7.11. The lowest BCUT2D eigenvalue weighted by atomic mass is 10.2. The molecule has 1 N–H and O–H groups in total. The Morgan fingerprint density at radius 3 is 3.00 bits per heavy atom. The lowest BCUT2D eigenvalue weighted by Crippen LogP contribution is -2.21. The van der Waals surface area contributed by atoms with Gasteiger partial charge in [0.2, 0.25) is 0 Å². The first-order chi connectivity index (χ1) is 8.83. The van der Waals surface area contributed by atoms with Gasteiger partial charge in [0.1, 0.15) is 10.0 Å². The molecule has 5 heteroatoms. The lowest BCUT2D eigenvalue weighted by molar-refractivity contribution is 0.111. The molecule has 0 radical (unpaired) electrons. The van der Waals surface area contributed by atoms with E-state index in [0.29, 0.717) is 12.1 Å². The largest absolute Gasteiger partial charge is 0.378 e. The molecule has 2 atom stereocenters. The number of hydrogen-bond acceptors (Lipinski definition) is 5. The summed E-state index contributed by atoms with van der Waals surface area (Å²) in [5, 5.41) is 14.4. The third-order valence-corrected chi connectivity index (χ3v) is 4.32. The van der Waals surface area contributed by atoms with Gasteiger partial charge in [0.05, 0.1) is 12.1 Å². The summed E-state index contributed by atoms with van der Waals surface area (Å²) < 4.78 is 5.64. The second-order valence-corrected chi connectivity index (χ2v) is 5.88. The van der Waals surface area contributed by atoms with E-state index in [1.54, 1.807) is 11.3 Å². The van der Waals surface area contributed by atoms with Crippen LogP contribution in [0.2, 0.25) is 0 Å². The maximum Gasteiger partial charge on any atom is 0.134 e. The maximum absolute atomic E-state index is 5.64. The van der Waals surface area contributed by atoms with Crippen LogP contribution in [0, 0.1) is 0 Å². The van der Waals surface area contributed by atoms with Crippen LogP contribution in [0.4, 0.5) is 0 Å². The van der Waals surface area contributed by atoms with Crippen molar-refractivity contribution in [3.8, 4) is 0 Å². The molecule has 18 heavy (non-hydrogen) atoms. The molecule has 4 nitrogen and oxygen atoms in total. The van der Waals surface area contributed by atoms with E-state index in [9.17, 15) is 0 Å². The second-order valence-electron chi connectivity index (χ2n) is 4.79. The van der Waals surface area contributed by atoms with E-state index in [4.69, 9.17) is 4.74 Å². The number of rotatable bonds is 7. The van der Waals surface area contributed by atoms with Crippen LogP contribution >= 0.6 is 11.3 Å². The van der Waals surface area contributed by atoms with Gasteiger partial charge in [-0.2, -0.15) is 0 Å². The van der Waals surface area contributed by atoms with Gasteiger partial charge in [-0.25, -0.2) is 0 Å². The molecule has 0 amide bonds. The fraction of sp³-hybridized carbons (Fsp3) is 0.846. The van der Waals surface area contributed by atoms with Crippen LogP contribution in [-0.4, -0.2) is 29.5 Å². The lowest BCUT2D eigenvalue weighted by Gasteiger charge is -2.12. The van der Waals surface area contributed by atoms with Gasteiger partial charge < -0.3 is 10.1 Å². The van der Waals surface area contributed by atoms with Crippen molar-refractivity contribution >= 4 is 11.3 Å². The minimum Gasteiger partial charge on any atom is -0.378 e. The van der Waals surface area contributed by atoms with Crippen LogP contribution in [0.25, 0.3) is 0 Å². The van der Waals surface area contributed by atoms with Crippen LogP contribution in [0.3, 0.4) is 0 Å². The van der Waals surface area contributed by atoms with Gasteiger partial charge >= 0.3 is 0 Å². The molecule has 1 fully saturated rings. The van der Waals surface area contributed by atoms with E-state index in [1.807, 2.05) is 0 Å². The number of aromatic nitrogens is 2. The zero-order valence-electron chi connectivity index (χ0n) is 11.3. The Kier molecular flexibility index (Phi) is 5.53. The number of nitrogens with zero attached hydrogens (tertiary/aromatic N) is 2. The van der Waals surface area contributed by atoms with E-state index in [-0.39, 0.29) is 0 Å². The van der Waals surface area contributed by atoms with Crippen molar-refractivity contribution in [3.63, 3.8) is 0 Å². The van der Waals surface area contributed by atoms with Crippen LogP contribution in [0.15, 0.2) is 0 Å².